The largest absolute Gasteiger partial charge is 0.482 e. The minimum absolute atomic E-state index is 0.00328. The van der Waals surface area contributed by atoms with E-state index in [9.17, 15) is 9.59 Å². The zero-order chi connectivity index (χ0) is 14.8. The average molecular weight is 305 g/mol. The molecule has 0 aliphatic carbocycles. The summed E-state index contributed by atoms with van der Waals surface area (Å²) in [6.07, 6.45) is 0.744. The molecule has 1 aromatic heterocycles. The number of anilines is 1. The van der Waals surface area contributed by atoms with Crippen LogP contribution in [-0.2, 0) is 11.3 Å². The lowest BCUT2D eigenvalue weighted by Crippen LogP contribution is -2.25. The summed E-state index contributed by atoms with van der Waals surface area (Å²) in [5.41, 5.74) is 7.85. The standard InChI is InChI=1S/C14H15N3O3S/c15-4-1-5-17-11(8-21-14(17)19)9-2-3-12-10(6-9)16-13(18)7-20-12/h2-3,6,8H,1,4-5,7,15H2,(H,16,18). The van der Waals surface area contributed by atoms with Gasteiger partial charge < -0.3 is 15.8 Å². The summed E-state index contributed by atoms with van der Waals surface area (Å²) in [7, 11) is 0. The molecule has 2 aromatic rings. The van der Waals surface area contributed by atoms with Gasteiger partial charge in [-0.15, -0.1) is 0 Å². The molecule has 1 aliphatic heterocycles. The molecule has 0 fully saturated rings. The smallest absolute Gasteiger partial charge is 0.307 e. The van der Waals surface area contributed by atoms with Crippen LogP contribution < -0.4 is 20.7 Å². The maximum absolute atomic E-state index is 11.9. The van der Waals surface area contributed by atoms with E-state index in [1.54, 1.807) is 10.6 Å². The Morgan fingerprint density at radius 1 is 1.38 bits per heavy atom. The number of hydrogen-bond acceptors (Lipinski definition) is 5. The van der Waals surface area contributed by atoms with Gasteiger partial charge in [0.15, 0.2) is 6.61 Å². The highest BCUT2D eigenvalue weighted by atomic mass is 32.1. The molecule has 6 nitrogen and oxygen atoms in total. The van der Waals surface area contributed by atoms with Crippen molar-refractivity contribution in [2.45, 2.75) is 13.0 Å². The second kappa shape index (κ2) is 5.71. The van der Waals surface area contributed by atoms with Crippen LogP contribution in [0.2, 0.25) is 0 Å². The first-order valence-electron chi connectivity index (χ1n) is 6.64. The molecule has 21 heavy (non-hydrogen) atoms. The predicted molar refractivity (Wildman–Crippen MR) is 81.8 cm³/mol. The van der Waals surface area contributed by atoms with Crippen molar-refractivity contribution in [1.29, 1.82) is 0 Å². The van der Waals surface area contributed by atoms with Crippen LogP contribution in [0.25, 0.3) is 11.3 Å². The molecule has 1 aromatic carbocycles. The molecule has 110 valence electrons. The van der Waals surface area contributed by atoms with Crippen molar-refractivity contribution in [1.82, 2.24) is 4.57 Å². The molecular weight excluding hydrogens is 290 g/mol. The van der Waals surface area contributed by atoms with Gasteiger partial charge >= 0.3 is 4.87 Å². The third-order valence-electron chi connectivity index (χ3n) is 3.28. The van der Waals surface area contributed by atoms with Gasteiger partial charge in [0.1, 0.15) is 5.75 Å². The van der Waals surface area contributed by atoms with Crippen LogP contribution in [0.5, 0.6) is 5.75 Å². The average Bonchev–Trinajstić information content (AvgIpc) is 2.85. The number of hydrogen-bond donors (Lipinski definition) is 2. The fourth-order valence-electron chi connectivity index (χ4n) is 2.26. The van der Waals surface area contributed by atoms with Crippen LogP contribution in [0.1, 0.15) is 6.42 Å². The molecule has 7 heteroatoms. The van der Waals surface area contributed by atoms with E-state index < -0.39 is 0 Å². The van der Waals surface area contributed by atoms with Crippen LogP contribution in [0, 0.1) is 0 Å². The number of benzene rings is 1. The molecule has 0 radical (unpaired) electrons. The van der Waals surface area contributed by atoms with E-state index in [4.69, 9.17) is 10.5 Å². The topological polar surface area (TPSA) is 86.3 Å². The van der Waals surface area contributed by atoms with E-state index in [1.165, 1.54) is 0 Å². The molecular formula is C14H15N3O3S. The Morgan fingerprint density at radius 3 is 3.05 bits per heavy atom. The molecule has 0 atom stereocenters. The lowest BCUT2D eigenvalue weighted by molar-refractivity contribution is -0.118. The van der Waals surface area contributed by atoms with Gasteiger partial charge in [-0.25, -0.2) is 0 Å². The summed E-state index contributed by atoms with van der Waals surface area (Å²) in [6, 6.07) is 5.52. The summed E-state index contributed by atoms with van der Waals surface area (Å²) in [5, 5.41) is 4.60. The lowest BCUT2D eigenvalue weighted by atomic mass is 10.1. The van der Waals surface area contributed by atoms with Gasteiger partial charge in [0, 0.05) is 17.5 Å². The molecule has 0 bridgehead atoms. The Hall–Kier alpha value is -2.12. The lowest BCUT2D eigenvalue weighted by Gasteiger charge is -2.18. The fourth-order valence-corrected chi connectivity index (χ4v) is 3.05. The van der Waals surface area contributed by atoms with Gasteiger partial charge in [-0.1, -0.05) is 11.3 Å². The van der Waals surface area contributed by atoms with Gasteiger partial charge in [-0.3, -0.25) is 14.2 Å². The summed E-state index contributed by atoms with van der Waals surface area (Å²) in [4.78, 5) is 23.3. The molecule has 3 N–H and O–H groups in total. The summed E-state index contributed by atoms with van der Waals surface area (Å²) < 4.78 is 7.05. The highest BCUT2D eigenvalue weighted by molar-refractivity contribution is 7.07. The van der Waals surface area contributed by atoms with Gasteiger partial charge in [-0.05, 0) is 31.2 Å². The number of amides is 1. The van der Waals surface area contributed by atoms with Gasteiger partial charge in [-0.2, -0.15) is 0 Å². The van der Waals surface area contributed by atoms with Crippen molar-refractivity contribution < 1.29 is 9.53 Å². The van der Waals surface area contributed by atoms with E-state index in [2.05, 4.69) is 5.32 Å². The van der Waals surface area contributed by atoms with E-state index >= 15 is 0 Å². The van der Waals surface area contributed by atoms with Gasteiger partial charge in [0.25, 0.3) is 5.91 Å². The summed E-state index contributed by atoms with van der Waals surface area (Å²) in [5.74, 6) is 0.468. The molecule has 0 saturated heterocycles. The zero-order valence-corrected chi connectivity index (χ0v) is 12.1. The third-order valence-corrected chi connectivity index (χ3v) is 4.04. The SMILES string of the molecule is NCCCn1c(-c2ccc3c(c2)NC(=O)CO3)csc1=O. The number of fused-ring (bicyclic) bond motifs is 1. The van der Waals surface area contributed by atoms with Crippen LogP contribution >= 0.6 is 11.3 Å². The number of ether oxygens (including phenoxy) is 1. The number of nitrogens with zero attached hydrogens (tertiary/aromatic N) is 1. The molecule has 3 rings (SSSR count). The first-order valence-corrected chi connectivity index (χ1v) is 7.52. The maximum atomic E-state index is 11.9. The van der Waals surface area contributed by atoms with Gasteiger partial charge in [0.05, 0.1) is 11.4 Å². The Bertz CT molecular complexity index is 735. The highest BCUT2D eigenvalue weighted by Crippen LogP contribution is 2.32. The van der Waals surface area contributed by atoms with Crippen molar-refractivity contribution in [3.8, 4) is 17.0 Å². The number of rotatable bonds is 4. The molecule has 2 heterocycles. The van der Waals surface area contributed by atoms with E-state index in [1.807, 2.05) is 17.5 Å². The molecule has 1 aliphatic rings. The first kappa shape index (κ1) is 13.8. The minimum Gasteiger partial charge on any atom is -0.482 e. The van der Waals surface area contributed by atoms with Crippen LogP contribution in [-0.4, -0.2) is 23.6 Å². The van der Waals surface area contributed by atoms with Crippen molar-refractivity contribution in [2.24, 2.45) is 5.73 Å². The number of aromatic nitrogens is 1. The number of thiazole rings is 1. The quantitative estimate of drug-likeness (QED) is 0.890. The second-order valence-electron chi connectivity index (χ2n) is 4.73. The first-order chi connectivity index (χ1) is 10.2. The van der Waals surface area contributed by atoms with E-state index in [-0.39, 0.29) is 17.4 Å². The number of nitrogens with two attached hydrogens (primary N) is 1. The van der Waals surface area contributed by atoms with Gasteiger partial charge in [0.2, 0.25) is 0 Å². The molecule has 0 spiro atoms. The van der Waals surface area contributed by atoms with Crippen molar-refractivity contribution in [3.63, 3.8) is 0 Å². The normalized spacial score (nSPS) is 13.5. The van der Waals surface area contributed by atoms with E-state index in [0.29, 0.717) is 24.5 Å². The predicted octanol–water partition coefficient (Wildman–Crippen LogP) is 1.26. The van der Waals surface area contributed by atoms with Crippen LogP contribution in [0.3, 0.4) is 0 Å². The Morgan fingerprint density at radius 2 is 2.24 bits per heavy atom. The summed E-state index contributed by atoms with van der Waals surface area (Å²) >= 11 is 1.16. The van der Waals surface area contributed by atoms with Crippen LogP contribution in [0.15, 0.2) is 28.4 Å². The van der Waals surface area contributed by atoms with Crippen molar-refractivity contribution in [3.05, 3.63) is 33.2 Å². The second-order valence-corrected chi connectivity index (χ2v) is 5.55. The minimum atomic E-state index is -0.175. The monoisotopic (exact) mass is 305 g/mol. The maximum Gasteiger partial charge on any atom is 0.307 e. The molecule has 1 amide bonds. The highest BCUT2D eigenvalue weighted by Gasteiger charge is 2.17. The Labute approximate surface area is 125 Å². The number of nitrogens with one attached hydrogen (secondary N) is 1. The molecule has 0 saturated carbocycles. The van der Waals surface area contributed by atoms with Crippen LogP contribution in [0.4, 0.5) is 5.69 Å². The summed E-state index contributed by atoms with van der Waals surface area (Å²) in [6.45, 7) is 1.16. The fraction of sp³-hybridized carbons (Fsp3) is 0.286. The third kappa shape index (κ3) is 2.70. The Balaban J connectivity index is 1.99. The van der Waals surface area contributed by atoms with Crippen molar-refractivity contribution in [2.75, 3.05) is 18.5 Å². The van der Waals surface area contributed by atoms with Crippen molar-refractivity contribution >= 4 is 22.9 Å². The zero-order valence-electron chi connectivity index (χ0n) is 11.3. The number of carbonyl (C=O) groups is 1. The van der Waals surface area contributed by atoms with E-state index in [0.717, 1.165) is 29.0 Å². The Kier molecular flexibility index (Phi) is 3.76. The number of carbonyl (C=O) groups excluding carboxylic acids is 1. The molecule has 0 unspecified atom stereocenters.